The first-order valence-corrected chi connectivity index (χ1v) is 8.55. The maximum absolute atomic E-state index is 12.6. The average Bonchev–Trinajstić information content (AvgIpc) is 2.49. The van der Waals surface area contributed by atoms with E-state index in [2.05, 4.69) is 22.0 Å². The summed E-state index contributed by atoms with van der Waals surface area (Å²) in [5.41, 5.74) is 1.72. The SMILES string of the molecule is CSC1(C#N)CCN(C(=O)c2cccc(Br)c2C)CC1. The van der Waals surface area contributed by atoms with Crippen LogP contribution in [0.15, 0.2) is 22.7 Å². The number of nitrogens with zero attached hydrogens (tertiary/aromatic N) is 2. The van der Waals surface area contributed by atoms with Crippen LogP contribution in [0.5, 0.6) is 0 Å². The lowest BCUT2D eigenvalue weighted by atomic mass is 9.96. The summed E-state index contributed by atoms with van der Waals surface area (Å²) in [5.74, 6) is 0.0662. The lowest BCUT2D eigenvalue weighted by molar-refractivity contribution is 0.0716. The van der Waals surface area contributed by atoms with E-state index in [1.807, 2.05) is 36.3 Å². The number of likely N-dealkylation sites (tertiary alicyclic amines) is 1. The summed E-state index contributed by atoms with van der Waals surface area (Å²) in [6.45, 7) is 3.25. The second-order valence-corrected chi connectivity index (χ2v) is 7.06. The highest BCUT2D eigenvalue weighted by Crippen LogP contribution is 2.34. The van der Waals surface area contributed by atoms with Gasteiger partial charge in [-0.15, -0.1) is 11.8 Å². The summed E-state index contributed by atoms with van der Waals surface area (Å²) in [4.78, 5) is 14.4. The van der Waals surface area contributed by atoms with Gasteiger partial charge in [0.1, 0.15) is 4.75 Å². The fourth-order valence-electron chi connectivity index (χ4n) is 2.44. The number of amides is 1. The van der Waals surface area contributed by atoms with Gasteiger partial charge in [0.25, 0.3) is 5.91 Å². The van der Waals surface area contributed by atoms with Crippen LogP contribution in [0.4, 0.5) is 0 Å². The predicted molar refractivity (Wildman–Crippen MR) is 85.9 cm³/mol. The molecule has 0 aromatic heterocycles. The minimum atomic E-state index is -0.316. The maximum atomic E-state index is 12.6. The number of piperidine rings is 1. The molecule has 0 bridgehead atoms. The zero-order valence-electron chi connectivity index (χ0n) is 11.6. The summed E-state index contributed by atoms with van der Waals surface area (Å²) in [6.07, 6.45) is 3.45. The maximum Gasteiger partial charge on any atom is 0.254 e. The molecule has 3 nitrogen and oxygen atoms in total. The second kappa shape index (κ2) is 6.19. The van der Waals surface area contributed by atoms with Crippen LogP contribution in [-0.2, 0) is 0 Å². The first kappa shape index (κ1) is 15.4. The van der Waals surface area contributed by atoms with Crippen molar-refractivity contribution in [2.24, 2.45) is 0 Å². The molecule has 106 valence electrons. The van der Waals surface area contributed by atoms with E-state index in [1.54, 1.807) is 11.8 Å². The Kier molecular flexibility index (Phi) is 4.77. The molecule has 0 N–H and O–H groups in total. The topological polar surface area (TPSA) is 44.1 Å². The Balaban J connectivity index is 2.13. The molecule has 5 heteroatoms. The van der Waals surface area contributed by atoms with E-state index in [-0.39, 0.29) is 10.7 Å². The quantitative estimate of drug-likeness (QED) is 0.816. The molecule has 1 aliphatic rings. The van der Waals surface area contributed by atoms with Crippen LogP contribution in [0.25, 0.3) is 0 Å². The van der Waals surface area contributed by atoms with Gasteiger partial charge in [-0.05, 0) is 43.7 Å². The molecule has 1 fully saturated rings. The van der Waals surface area contributed by atoms with E-state index in [4.69, 9.17) is 0 Å². The number of carbonyl (C=O) groups excluding carboxylic acids is 1. The minimum Gasteiger partial charge on any atom is -0.338 e. The third-order valence-corrected chi connectivity index (χ3v) is 6.09. The van der Waals surface area contributed by atoms with Gasteiger partial charge in [0, 0.05) is 23.1 Å². The van der Waals surface area contributed by atoms with Crippen LogP contribution < -0.4 is 0 Å². The summed E-state index contributed by atoms with van der Waals surface area (Å²) in [6, 6.07) is 8.09. The van der Waals surface area contributed by atoms with Crippen molar-refractivity contribution in [3.8, 4) is 6.07 Å². The van der Waals surface area contributed by atoms with Crippen LogP contribution in [0.2, 0.25) is 0 Å². The Morgan fingerprint density at radius 2 is 2.10 bits per heavy atom. The van der Waals surface area contributed by atoms with Gasteiger partial charge in [0.15, 0.2) is 0 Å². The Hall–Kier alpha value is -0.990. The monoisotopic (exact) mass is 352 g/mol. The Morgan fingerprint density at radius 1 is 1.45 bits per heavy atom. The molecular formula is C15H17BrN2OS. The molecule has 0 spiro atoms. The Bertz CT molecular complexity index is 559. The normalized spacial score (nSPS) is 17.6. The Labute approximate surface area is 132 Å². The molecule has 1 saturated heterocycles. The largest absolute Gasteiger partial charge is 0.338 e. The summed E-state index contributed by atoms with van der Waals surface area (Å²) in [7, 11) is 0. The van der Waals surface area contributed by atoms with Gasteiger partial charge in [-0.25, -0.2) is 0 Å². The fraction of sp³-hybridized carbons (Fsp3) is 0.467. The molecule has 1 amide bonds. The van der Waals surface area contributed by atoms with E-state index in [0.717, 1.165) is 28.4 Å². The number of benzene rings is 1. The molecular weight excluding hydrogens is 336 g/mol. The predicted octanol–water partition coefficient (Wildman–Crippen LogP) is 3.62. The fourth-order valence-corrected chi connectivity index (χ4v) is 3.49. The van der Waals surface area contributed by atoms with Crippen LogP contribution in [0, 0.1) is 18.3 Å². The van der Waals surface area contributed by atoms with Crippen molar-refractivity contribution in [3.63, 3.8) is 0 Å². The van der Waals surface area contributed by atoms with Gasteiger partial charge in [-0.2, -0.15) is 5.26 Å². The van der Waals surface area contributed by atoms with E-state index >= 15 is 0 Å². The van der Waals surface area contributed by atoms with E-state index < -0.39 is 0 Å². The van der Waals surface area contributed by atoms with Crippen molar-refractivity contribution in [1.82, 2.24) is 4.90 Å². The third-order valence-electron chi connectivity index (χ3n) is 3.95. The molecule has 1 heterocycles. The van der Waals surface area contributed by atoms with Crippen molar-refractivity contribution in [2.75, 3.05) is 19.3 Å². The van der Waals surface area contributed by atoms with E-state index in [9.17, 15) is 10.1 Å². The summed E-state index contributed by atoms with van der Waals surface area (Å²) in [5, 5.41) is 9.28. The standard InChI is InChI=1S/C15H17BrN2OS/c1-11-12(4-3-5-13(11)16)14(19)18-8-6-15(10-17,20-2)7-9-18/h3-5H,6-9H2,1-2H3. The number of rotatable bonds is 2. The van der Waals surface area contributed by atoms with Crippen molar-refractivity contribution in [3.05, 3.63) is 33.8 Å². The first-order chi connectivity index (χ1) is 9.53. The van der Waals surface area contributed by atoms with Crippen molar-refractivity contribution in [2.45, 2.75) is 24.5 Å². The van der Waals surface area contributed by atoms with Gasteiger partial charge < -0.3 is 4.90 Å². The number of halogens is 1. The molecule has 20 heavy (non-hydrogen) atoms. The molecule has 1 aliphatic heterocycles. The number of carbonyl (C=O) groups is 1. The van der Waals surface area contributed by atoms with Crippen LogP contribution in [0.1, 0.15) is 28.8 Å². The summed E-state index contributed by atoms with van der Waals surface area (Å²) < 4.78 is 0.638. The van der Waals surface area contributed by atoms with Crippen LogP contribution in [-0.4, -0.2) is 34.9 Å². The van der Waals surface area contributed by atoms with Crippen molar-refractivity contribution in [1.29, 1.82) is 5.26 Å². The average molecular weight is 353 g/mol. The number of thioether (sulfide) groups is 1. The van der Waals surface area contributed by atoms with Gasteiger partial charge in [-0.3, -0.25) is 4.79 Å². The number of hydrogen-bond donors (Lipinski definition) is 0. The Morgan fingerprint density at radius 3 is 2.65 bits per heavy atom. The number of nitriles is 1. The zero-order valence-corrected chi connectivity index (χ0v) is 14.1. The van der Waals surface area contributed by atoms with Gasteiger partial charge >= 0.3 is 0 Å². The molecule has 0 radical (unpaired) electrons. The third kappa shape index (κ3) is 2.87. The second-order valence-electron chi connectivity index (χ2n) is 5.01. The molecule has 0 unspecified atom stereocenters. The molecule has 0 aliphatic carbocycles. The molecule has 1 aromatic rings. The lowest BCUT2D eigenvalue weighted by Gasteiger charge is -2.36. The first-order valence-electron chi connectivity index (χ1n) is 6.54. The van der Waals surface area contributed by atoms with Crippen molar-refractivity contribution < 1.29 is 4.79 Å². The van der Waals surface area contributed by atoms with Gasteiger partial charge in [0.05, 0.1) is 6.07 Å². The highest BCUT2D eigenvalue weighted by atomic mass is 79.9. The zero-order chi connectivity index (χ0) is 14.8. The molecule has 0 saturated carbocycles. The highest BCUT2D eigenvalue weighted by Gasteiger charge is 2.35. The van der Waals surface area contributed by atoms with E-state index in [0.29, 0.717) is 13.1 Å². The van der Waals surface area contributed by atoms with Crippen LogP contribution in [0.3, 0.4) is 0 Å². The minimum absolute atomic E-state index is 0.0662. The molecule has 0 atom stereocenters. The van der Waals surface area contributed by atoms with Crippen molar-refractivity contribution >= 4 is 33.6 Å². The van der Waals surface area contributed by atoms with Gasteiger partial charge in [0.2, 0.25) is 0 Å². The molecule has 2 rings (SSSR count). The van der Waals surface area contributed by atoms with Gasteiger partial charge in [-0.1, -0.05) is 22.0 Å². The highest BCUT2D eigenvalue weighted by molar-refractivity contribution is 9.10. The number of hydrogen-bond acceptors (Lipinski definition) is 3. The van der Waals surface area contributed by atoms with E-state index in [1.165, 1.54) is 0 Å². The molecule has 1 aromatic carbocycles. The van der Waals surface area contributed by atoms with Crippen LogP contribution >= 0.6 is 27.7 Å². The lowest BCUT2D eigenvalue weighted by Crippen LogP contribution is -2.44. The summed E-state index contributed by atoms with van der Waals surface area (Å²) >= 11 is 5.06. The smallest absolute Gasteiger partial charge is 0.254 e.